The summed E-state index contributed by atoms with van der Waals surface area (Å²) in [7, 11) is 5.81. The molecule has 33 heavy (non-hydrogen) atoms. The summed E-state index contributed by atoms with van der Waals surface area (Å²) in [6, 6.07) is 14.3. The van der Waals surface area contributed by atoms with Crippen molar-refractivity contribution in [3.63, 3.8) is 0 Å². The fraction of sp³-hybridized carbons (Fsp3) is 0.536. The first kappa shape index (κ1) is 24.1. The Morgan fingerprint density at radius 1 is 1.06 bits per heavy atom. The van der Waals surface area contributed by atoms with Gasteiger partial charge in [-0.15, -0.1) is 0 Å². The zero-order valence-corrected chi connectivity index (χ0v) is 21.0. The van der Waals surface area contributed by atoms with Crippen LogP contribution in [0.3, 0.4) is 0 Å². The minimum atomic E-state index is -0.0326. The van der Waals surface area contributed by atoms with Crippen molar-refractivity contribution in [2.24, 2.45) is 11.8 Å². The van der Waals surface area contributed by atoms with Gasteiger partial charge in [-0.2, -0.15) is 0 Å². The van der Waals surface area contributed by atoms with Gasteiger partial charge in [0.1, 0.15) is 5.75 Å². The summed E-state index contributed by atoms with van der Waals surface area (Å²) in [5.41, 5.74) is 3.41. The van der Waals surface area contributed by atoms with E-state index in [1.807, 2.05) is 29.2 Å². The molecule has 2 aliphatic rings. The molecule has 5 heteroatoms. The van der Waals surface area contributed by atoms with Gasteiger partial charge >= 0.3 is 0 Å². The molecule has 4 rings (SSSR count). The van der Waals surface area contributed by atoms with Crippen molar-refractivity contribution in [3.05, 3.63) is 58.6 Å². The van der Waals surface area contributed by atoms with Crippen LogP contribution in [0.15, 0.2) is 42.5 Å². The summed E-state index contributed by atoms with van der Waals surface area (Å²) in [6.07, 6.45) is 8.19. The fourth-order valence-corrected chi connectivity index (χ4v) is 5.82. The molecule has 2 atom stereocenters. The van der Waals surface area contributed by atoms with Crippen LogP contribution in [0.2, 0.25) is 5.02 Å². The Kier molecular flexibility index (Phi) is 7.98. The summed E-state index contributed by atoms with van der Waals surface area (Å²) in [6.45, 7) is 1.52. The second-order valence-electron chi connectivity index (χ2n) is 10.00. The zero-order chi connectivity index (χ0) is 23.4. The Morgan fingerprint density at radius 3 is 2.45 bits per heavy atom. The number of rotatable bonds is 7. The van der Waals surface area contributed by atoms with Crippen molar-refractivity contribution in [1.29, 1.82) is 0 Å². The predicted molar refractivity (Wildman–Crippen MR) is 136 cm³/mol. The van der Waals surface area contributed by atoms with Gasteiger partial charge in [-0.3, -0.25) is 4.79 Å². The van der Waals surface area contributed by atoms with Crippen LogP contribution in [0.4, 0.5) is 5.69 Å². The Morgan fingerprint density at radius 2 is 1.79 bits per heavy atom. The topological polar surface area (TPSA) is 32.8 Å². The molecule has 4 nitrogen and oxygen atoms in total. The van der Waals surface area contributed by atoms with Gasteiger partial charge in [0.2, 0.25) is 5.91 Å². The van der Waals surface area contributed by atoms with Crippen molar-refractivity contribution in [1.82, 2.24) is 4.90 Å². The van der Waals surface area contributed by atoms with Crippen LogP contribution in [0.5, 0.6) is 5.75 Å². The van der Waals surface area contributed by atoms with Crippen molar-refractivity contribution in [2.45, 2.75) is 50.9 Å². The number of likely N-dealkylation sites (N-methyl/N-ethyl adjacent to an activating group) is 1. The lowest BCUT2D eigenvalue weighted by Crippen LogP contribution is -2.41. The molecular formula is C28H37ClN2O2. The summed E-state index contributed by atoms with van der Waals surface area (Å²) in [5, 5.41) is 0.730. The van der Waals surface area contributed by atoms with Gasteiger partial charge in [-0.25, -0.2) is 0 Å². The van der Waals surface area contributed by atoms with Crippen LogP contribution in [-0.2, 0) is 11.2 Å². The number of fused-ring (bicyclic) bond motifs is 1. The quantitative estimate of drug-likeness (QED) is 0.487. The lowest BCUT2D eigenvalue weighted by atomic mass is 9.74. The summed E-state index contributed by atoms with van der Waals surface area (Å²) in [5.74, 6) is 1.85. The maximum atomic E-state index is 14.2. The maximum absolute atomic E-state index is 14.2. The maximum Gasteiger partial charge on any atom is 0.230 e. The molecule has 0 aromatic heterocycles. The van der Waals surface area contributed by atoms with Crippen LogP contribution >= 0.6 is 11.6 Å². The predicted octanol–water partition coefficient (Wildman–Crippen LogP) is 6.17. The highest BCUT2D eigenvalue weighted by atomic mass is 35.5. The van der Waals surface area contributed by atoms with E-state index in [9.17, 15) is 4.79 Å². The standard InChI is InChI=1S/C28H37ClN2O2/c1-30(2)15-16-31-27-14-11-23(29)18-22(27)19-25(21-9-12-24(33-3)13-10-21)26(28(31)32)17-20-7-5-4-6-8-20/h9-14,18,20,25-26H,4-8,15-17,19H2,1-3H3/t25-,26+/m0/s1. The second kappa shape index (κ2) is 10.9. The van der Waals surface area contributed by atoms with Gasteiger partial charge in [0.05, 0.1) is 7.11 Å². The summed E-state index contributed by atoms with van der Waals surface area (Å²) >= 11 is 6.44. The fourth-order valence-electron chi connectivity index (χ4n) is 5.63. The number of nitrogens with zero attached hydrogens (tertiary/aromatic N) is 2. The molecular weight excluding hydrogens is 432 g/mol. The number of methoxy groups -OCH3 is 1. The average molecular weight is 469 g/mol. The lowest BCUT2D eigenvalue weighted by molar-refractivity contribution is -0.123. The zero-order valence-electron chi connectivity index (χ0n) is 20.2. The highest BCUT2D eigenvalue weighted by Crippen LogP contribution is 2.43. The van der Waals surface area contributed by atoms with E-state index in [2.05, 4.69) is 37.2 Å². The molecule has 0 N–H and O–H groups in total. The molecule has 1 aliphatic heterocycles. The van der Waals surface area contributed by atoms with Crippen molar-refractivity contribution < 1.29 is 9.53 Å². The number of ether oxygens (including phenoxy) is 1. The smallest absolute Gasteiger partial charge is 0.230 e. The van der Waals surface area contributed by atoms with E-state index in [1.165, 1.54) is 43.2 Å². The molecule has 2 aromatic carbocycles. The van der Waals surface area contributed by atoms with Crippen molar-refractivity contribution >= 4 is 23.2 Å². The molecule has 0 unspecified atom stereocenters. The number of hydrogen-bond donors (Lipinski definition) is 0. The first-order valence-electron chi connectivity index (χ1n) is 12.3. The highest BCUT2D eigenvalue weighted by Gasteiger charge is 2.39. The average Bonchev–Trinajstić information content (AvgIpc) is 2.93. The molecule has 1 heterocycles. The normalized spacial score (nSPS) is 21.7. The molecule has 1 amide bonds. The van der Waals surface area contributed by atoms with E-state index in [4.69, 9.17) is 16.3 Å². The Balaban J connectivity index is 1.75. The third-order valence-corrected chi connectivity index (χ3v) is 7.70. The third kappa shape index (κ3) is 5.73. The number of benzene rings is 2. The van der Waals surface area contributed by atoms with Crippen LogP contribution < -0.4 is 9.64 Å². The van der Waals surface area contributed by atoms with Gasteiger partial charge in [0.15, 0.2) is 0 Å². The Labute approximate surface area is 203 Å². The number of anilines is 1. The Hall–Kier alpha value is -2.04. The number of amides is 1. The third-order valence-electron chi connectivity index (χ3n) is 7.47. The summed E-state index contributed by atoms with van der Waals surface area (Å²) in [4.78, 5) is 18.4. The van der Waals surface area contributed by atoms with Gasteiger partial charge in [-0.1, -0.05) is 55.8 Å². The highest BCUT2D eigenvalue weighted by molar-refractivity contribution is 6.30. The van der Waals surface area contributed by atoms with Crippen molar-refractivity contribution in [2.75, 3.05) is 39.2 Å². The summed E-state index contributed by atoms with van der Waals surface area (Å²) < 4.78 is 5.40. The molecule has 0 bridgehead atoms. The molecule has 1 saturated carbocycles. The minimum Gasteiger partial charge on any atom is -0.497 e. The Bertz CT molecular complexity index is 937. The van der Waals surface area contributed by atoms with E-state index in [0.717, 1.165) is 35.8 Å². The van der Waals surface area contributed by atoms with Crippen molar-refractivity contribution in [3.8, 4) is 5.75 Å². The molecule has 0 saturated heterocycles. The van der Waals surface area contributed by atoms with E-state index in [-0.39, 0.29) is 17.7 Å². The van der Waals surface area contributed by atoms with Crippen LogP contribution in [0.1, 0.15) is 55.6 Å². The van der Waals surface area contributed by atoms with Crippen LogP contribution in [0, 0.1) is 11.8 Å². The molecule has 0 spiro atoms. The molecule has 0 radical (unpaired) electrons. The van der Waals surface area contributed by atoms with Crippen LogP contribution in [0.25, 0.3) is 0 Å². The SMILES string of the molecule is COc1ccc([C@@H]2Cc3cc(Cl)ccc3N(CCN(C)C)C(=O)[C@@H]2CC2CCCCC2)cc1. The van der Waals surface area contributed by atoms with Crippen LogP contribution in [-0.4, -0.2) is 45.1 Å². The van der Waals surface area contributed by atoms with E-state index < -0.39 is 0 Å². The van der Waals surface area contributed by atoms with Gasteiger partial charge in [0.25, 0.3) is 0 Å². The molecule has 1 fully saturated rings. The largest absolute Gasteiger partial charge is 0.497 e. The van der Waals surface area contributed by atoms with Gasteiger partial charge in [-0.05, 0) is 80.2 Å². The number of carbonyl (C=O) groups excluding carboxylic acids is 1. The lowest BCUT2D eigenvalue weighted by Gasteiger charge is -2.33. The molecule has 2 aromatic rings. The number of carbonyl (C=O) groups is 1. The van der Waals surface area contributed by atoms with Gasteiger partial charge < -0.3 is 14.5 Å². The minimum absolute atomic E-state index is 0.0326. The number of hydrogen-bond acceptors (Lipinski definition) is 3. The first-order valence-corrected chi connectivity index (χ1v) is 12.7. The molecule has 178 valence electrons. The first-order chi connectivity index (χ1) is 16.0. The van der Waals surface area contributed by atoms with E-state index in [0.29, 0.717) is 12.5 Å². The molecule has 1 aliphatic carbocycles. The van der Waals surface area contributed by atoms with E-state index >= 15 is 0 Å². The number of halogens is 1. The van der Waals surface area contributed by atoms with Gasteiger partial charge in [0, 0.05) is 29.7 Å². The van der Waals surface area contributed by atoms with E-state index in [1.54, 1.807) is 7.11 Å². The second-order valence-corrected chi connectivity index (χ2v) is 10.4. The monoisotopic (exact) mass is 468 g/mol.